The van der Waals surface area contributed by atoms with Crippen LogP contribution in [0, 0.1) is 0 Å². The molecule has 0 radical (unpaired) electrons. The van der Waals surface area contributed by atoms with E-state index >= 15 is 0 Å². The summed E-state index contributed by atoms with van der Waals surface area (Å²) in [4.78, 5) is 4.58. The van der Waals surface area contributed by atoms with Crippen LogP contribution in [0.25, 0.3) is 0 Å². The Hall–Kier alpha value is -2.09. The lowest BCUT2D eigenvalue weighted by molar-refractivity contribution is 0.304. The number of hydrogen-bond acceptors (Lipinski definition) is 2. The third kappa shape index (κ3) is 11.5. The second-order valence-corrected chi connectivity index (χ2v) is 9.31. The highest BCUT2D eigenvalue weighted by molar-refractivity contribution is 5.82. The standard InChI is InChI=1S/C30H45NO/c1-4-5-6-7-8-9-10-11-12-13-14-15-24-32-30-22-16-27(17-23-30)25-31-29-20-18-28(19-21-29)26(2)3/h16-23,25-26H,4-15,24H2,1-3H3. The number of unbranched alkanes of at least 4 members (excludes halogenated alkanes) is 11. The van der Waals surface area contributed by atoms with Crippen LogP contribution in [-0.2, 0) is 0 Å². The molecule has 176 valence electrons. The maximum Gasteiger partial charge on any atom is 0.119 e. The van der Waals surface area contributed by atoms with Gasteiger partial charge in [0.25, 0.3) is 0 Å². The molecule has 0 unspecified atom stereocenters. The van der Waals surface area contributed by atoms with Crippen LogP contribution in [0.3, 0.4) is 0 Å². The van der Waals surface area contributed by atoms with Gasteiger partial charge in [-0.05, 0) is 59.9 Å². The van der Waals surface area contributed by atoms with Gasteiger partial charge in [0.15, 0.2) is 0 Å². The van der Waals surface area contributed by atoms with E-state index in [-0.39, 0.29) is 0 Å². The van der Waals surface area contributed by atoms with E-state index in [0.717, 1.165) is 30.0 Å². The maximum absolute atomic E-state index is 5.91. The van der Waals surface area contributed by atoms with Crippen LogP contribution in [0.5, 0.6) is 5.75 Å². The molecule has 0 aliphatic rings. The van der Waals surface area contributed by atoms with Gasteiger partial charge >= 0.3 is 0 Å². The molecule has 0 spiro atoms. The molecule has 0 saturated heterocycles. The third-order valence-electron chi connectivity index (χ3n) is 6.07. The average molecular weight is 436 g/mol. The van der Waals surface area contributed by atoms with E-state index in [4.69, 9.17) is 4.74 Å². The first-order valence-corrected chi connectivity index (χ1v) is 13.1. The van der Waals surface area contributed by atoms with Crippen molar-refractivity contribution in [3.63, 3.8) is 0 Å². The summed E-state index contributed by atoms with van der Waals surface area (Å²) in [5.74, 6) is 1.50. The van der Waals surface area contributed by atoms with Crippen LogP contribution < -0.4 is 4.74 Å². The van der Waals surface area contributed by atoms with Gasteiger partial charge in [-0.15, -0.1) is 0 Å². The molecule has 2 aromatic rings. The molecule has 2 nitrogen and oxygen atoms in total. The van der Waals surface area contributed by atoms with Crippen LogP contribution in [0.1, 0.15) is 115 Å². The number of nitrogens with zero attached hydrogens (tertiary/aromatic N) is 1. The summed E-state index contributed by atoms with van der Waals surface area (Å²) in [5, 5.41) is 0. The lowest BCUT2D eigenvalue weighted by Gasteiger charge is -2.07. The zero-order valence-electron chi connectivity index (χ0n) is 20.8. The van der Waals surface area contributed by atoms with Crippen LogP contribution in [-0.4, -0.2) is 12.8 Å². The second-order valence-electron chi connectivity index (χ2n) is 9.31. The summed E-state index contributed by atoms with van der Waals surface area (Å²) >= 11 is 0. The molecule has 0 saturated carbocycles. The summed E-state index contributed by atoms with van der Waals surface area (Å²) in [6.07, 6.45) is 18.4. The highest BCUT2D eigenvalue weighted by Crippen LogP contribution is 2.19. The van der Waals surface area contributed by atoms with E-state index in [9.17, 15) is 0 Å². The fourth-order valence-electron chi connectivity index (χ4n) is 3.88. The van der Waals surface area contributed by atoms with Gasteiger partial charge in [0.2, 0.25) is 0 Å². The van der Waals surface area contributed by atoms with Crippen molar-refractivity contribution >= 4 is 11.9 Å². The zero-order chi connectivity index (χ0) is 22.9. The van der Waals surface area contributed by atoms with Gasteiger partial charge in [0, 0.05) is 6.21 Å². The summed E-state index contributed by atoms with van der Waals surface area (Å²) in [7, 11) is 0. The Labute approximate surface area is 197 Å². The predicted molar refractivity (Wildman–Crippen MR) is 141 cm³/mol. The third-order valence-corrected chi connectivity index (χ3v) is 6.07. The van der Waals surface area contributed by atoms with E-state index in [1.165, 1.54) is 76.2 Å². The number of ether oxygens (including phenoxy) is 1. The van der Waals surface area contributed by atoms with E-state index < -0.39 is 0 Å². The average Bonchev–Trinajstić information content (AvgIpc) is 2.81. The van der Waals surface area contributed by atoms with Crippen molar-refractivity contribution in [1.29, 1.82) is 0 Å². The lowest BCUT2D eigenvalue weighted by Crippen LogP contribution is -1.97. The Morgan fingerprint density at radius 2 is 1.22 bits per heavy atom. The molecule has 32 heavy (non-hydrogen) atoms. The highest BCUT2D eigenvalue weighted by Gasteiger charge is 1.99. The molecule has 0 atom stereocenters. The first-order chi connectivity index (χ1) is 15.7. The Balaban J connectivity index is 1.52. The van der Waals surface area contributed by atoms with Crippen molar-refractivity contribution in [1.82, 2.24) is 0 Å². The fraction of sp³-hybridized carbons (Fsp3) is 0.567. The smallest absolute Gasteiger partial charge is 0.119 e. The van der Waals surface area contributed by atoms with Crippen molar-refractivity contribution in [2.75, 3.05) is 6.61 Å². The number of hydrogen-bond donors (Lipinski definition) is 0. The molecule has 2 heteroatoms. The van der Waals surface area contributed by atoms with E-state index in [2.05, 4.69) is 62.2 Å². The van der Waals surface area contributed by atoms with Crippen molar-refractivity contribution in [3.8, 4) is 5.75 Å². The first kappa shape index (κ1) is 26.2. The SMILES string of the molecule is CCCCCCCCCCCCCCOc1ccc(C=Nc2ccc(C(C)C)cc2)cc1. The zero-order valence-corrected chi connectivity index (χ0v) is 20.8. The Bertz CT molecular complexity index is 730. The summed E-state index contributed by atoms with van der Waals surface area (Å²) in [6.45, 7) is 7.51. The van der Waals surface area contributed by atoms with Gasteiger partial charge < -0.3 is 4.74 Å². The molecular weight excluding hydrogens is 390 g/mol. The Morgan fingerprint density at radius 3 is 1.75 bits per heavy atom. The summed E-state index contributed by atoms with van der Waals surface area (Å²) < 4.78 is 5.91. The van der Waals surface area contributed by atoms with Crippen LogP contribution in [0.2, 0.25) is 0 Å². The molecule has 2 aromatic carbocycles. The van der Waals surface area contributed by atoms with Gasteiger partial charge in [-0.2, -0.15) is 0 Å². The van der Waals surface area contributed by atoms with Crippen LogP contribution >= 0.6 is 0 Å². The summed E-state index contributed by atoms with van der Waals surface area (Å²) in [6, 6.07) is 16.7. The van der Waals surface area contributed by atoms with Crippen LogP contribution in [0.4, 0.5) is 5.69 Å². The quantitative estimate of drug-likeness (QED) is 0.179. The van der Waals surface area contributed by atoms with Crippen molar-refractivity contribution in [2.45, 2.75) is 104 Å². The molecule has 0 N–H and O–H groups in total. The monoisotopic (exact) mass is 435 g/mol. The molecule has 0 aliphatic heterocycles. The van der Waals surface area contributed by atoms with Crippen molar-refractivity contribution in [3.05, 3.63) is 59.7 Å². The lowest BCUT2D eigenvalue weighted by atomic mass is 10.0. The van der Waals surface area contributed by atoms with E-state index in [0.29, 0.717) is 5.92 Å². The minimum atomic E-state index is 0.551. The minimum absolute atomic E-state index is 0.551. The van der Waals surface area contributed by atoms with E-state index in [1.54, 1.807) is 0 Å². The number of rotatable bonds is 17. The van der Waals surface area contributed by atoms with Crippen LogP contribution in [0.15, 0.2) is 53.5 Å². The molecule has 0 aromatic heterocycles. The summed E-state index contributed by atoms with van der Waals surface area (Å²) in [5.41, 5.74) is 3.43. The van der Waals surface area contributed by atoms with Gasteiger partial charge in [-0.3, -0.25) is 4.99 Å². The fourth-order valence-corrected chi connectivity index (χ4v) is 3.88. The molecule has 2 rings (SSSR count). The topological polar surface area (TPSA) is 21.6 Å². The minimum Gasteiger partial charge on any atom is -0.494 e. The molecule has 0 bridgehead atoms. The van der Waals surface area contributed by atoms with Gasteiger partial charge in [0.05, 0.1) is 12.3 Å². The Morgan fingerprint density at radius 1 is 0.688 bits per heavy atom. The van der Waals surface area contributed by atoms with Gasteiger partial charge in [0.1, 0.15) is 5.75 Å². The highest BCUT2D eigenvalue weighted by atomic mass is 16.5. The Kier molecular flexibility index (Phi) is 13.5. The van der Waals surface area contributed by atoms with Crippen molar-refractivity contribution in [2.24, 2.45) is 4.99 Å². The second kappa shape index (κ2) is 16.5. The number of aliphatic imine (C=N–C) groups is 1. The van der Waals surface area contributed by atoms with Gasteiger partial charge in [-0.1, -0.05) is 104 Å². The molecule has 0 aliphatic carbocycles. The maximum atomic E-state index is 5.91. The largest absolute Gasteiger partial charge is 0.494 e. The molecule has 0 fully saturated rings. The van der Waals surface area contributed by atoms with Gasteiger partial charge in [-0.25, -0.2) is 0 Å². The first-order valence-electron chi connectivity index (χ1n) is 13.1. The molecule has 0 amide bonds. The normalized spacial score (nSPS) is 11.5. The number of benzene rings is 2. The predicted octanol–water partition coefficient (Wildman–Crippen LogP) is 9.64. The molecule has 0 heterocycles. The molecular formula is C30H45NO. The van der Waals surface area contributed by atoms with Crippen molar-refractivity contribution < 1.29 is 4.74 Å². The van der Waals surface area contributed by atoms with E-state index in [1.807, 2.05) is 18.3 Å².